The highest BCUT2D eigenvalue weighted by atomic mass is 16.1. The minimum absolute atomic E-state index is 0.0796. The van der Waals surface area contributed by atoms with Gasteiger partial charge in [-0.2, -0.15) is 0 Å². The van der Waals surface area contributed by atoms with Crippen LogP contribution in [0.25, 0.3) is 11.1 Å². The van der Waals surface area contributed by atoms with E-state index in [0.29, 0.717) is 12.5 Å². The number of carbonyl (C=O) groups is 1. The fourth-order valence-electron chi connectivity index (χ4n) is 2.58. The van der Waals surface area contributed by atoms with E-state index in [-0.39, 0.29) is 11.8 Å². The summed E-state index contributed by atoms with van der Waals surface area (Å²) in [6.45, 7) is 4.49. The molecule has 1 atom stereocenters. The van der Waals surface area contributed by atoms with Gasteiger partial charge in [0.2, 0.25) is 5.91 Å². The van der Waals surface area contributed by atoms with Gasteiger partial charge in [-0.1, -0.05) is 37.3 Å². The molecule has 1 unspecified atom stereocenters. The van der Waals surface area contributed by atoms with Crippen molar-refractivity contribution in [3.8, 4) is 11.1 Å². The lowest BCUT2D eigenvalue weighted by Crippen LogP contribution is -2.49. The molecule has 4 heteroatoms. The predicted octanol–water partition coefficient (Wildman–Crippen LogP) is 2.22. The molecule has 0 aliphatic carbocycles. The average molecular weight is 295 g/mol. The van der Waals surface area contributed by atoms with E-state index in [0.717, 1.165) is 29.8 Å². The van der Waals surface area contributed by atoms with Crippen LogP contribution in [-0.2, 0) is 11.3 Å². The molecule has 2 aromatic rings. The summed E-state index contributed by atoms with van der Waals surface area (Å²) in [7, 11) is 0. The van der Waals surface area contributed by atoms with Crippen molar-refractivity contribution in [2.45, 2.75) is 13.5 Å². The lowest BCUT2D eigenvalue weighted by molar-refractivity contribution is -0.126. The van der Waals surface area contributed by atoms with Crippen LogP contribution >= 0.6 is 0 Å². The average Bonchev–Trinajstić information content (AvgIpc) is 2.52. The fraction of sp³-hybridized carbons (Fsp3) is 0.333. The minimum Gasteiger partial charge on any atom is -0.352 e. The maximum Gasteiger partial charge on any atom is 0.223 e. The van der Waals surface area contributed by atoms with Crippen molar-refractivity contribution in [1.82, 2.24) is 15.6 Å². The first-order chi connectivity index (χ1) is 10.7. The van der Waals surface area contributed by atoms with Gasteiger partial charge in [-0.05, 0) is 41.8 Å². The Hall–Kier alpha value is -2.20. The number of pyridine rings is 1. The van der Waals surface area contributed by atoms with Crippen LogP contribution in [0.3, 0.4) is 0 Å². The number of hydrogen-bond acceptors (Lipinski definition) is 3. The van der Waals surface area contributed by atoms with E-state index < -0.39 is 0 Å². The van der Waals surface area contributed by atoms with Crippen LogP contribution < -0.4 is 10.6 Å². The molecule has 22 heavy (non-hydrogen) atoms. The number of nitrogens with one attached hydrogen (secondary N) is 2. The van der Waals surface area contributed by atoms with Crippen LogP contribution in [0.1, 0.15) is 12.5 Å². The van der Waals surface area contributed by atoms with Crippen molar-refractivity contribution in [3.63, 3.8) is 0 Å². The maximum atomic E-state index is 12.1. The number of carbonyl (C=O) groups excluding carboxylic acids is 1. The monoisotopic (exact) mass is 295 g/mol. The Balaban J connectivity index is 1.56. The van der Waals surface area contributed by atoms with Gasteiger partial charge in [0.25, 0.3) is 0 Å². The molecular formula is C18H21N3O. The normalized spacial score (nSPS) is 15.9. The molecule has 1 aromatic carbocycles. The Bertz CT molecular complexity index is 621. The van der Waals surface area contributed by atoms with Crippen molar-refractivity contribution < 1.29 is 4.79 Å². The molecule has 0 spiro atoms. The van der Waals surface area contributed by atoms with Crippen LogP contribution in [0.15, 0.2) is 48.8 Å². The number of benzene rings is 1. The molecule has 1 amide bonds. The second-order valence-electron chi connectivity index (χ2n) is 5.86. The van der Waals surface area contributed by atoms with Gasteiger partial charge in [0.1, 0.15) is 0 Å². The van der Waals surface area contributed by atoms with Crippen LogP contribution in [0.5, 0.6) is 0 Å². The van der Waals surface area contributed by atoms with E-state index in [1.807, 2.05) is 25.3 Å². The molecule has 2 N–H and O–H groups in total. The predicted molar refractivity (Wildman–Crippen MR) is 87.0 cm³/mol. The Morgan fingerprint density at radius 3 is 2.64 bits per heavy atom. The Morgan fingerprint density at radius 2 is 2.05 bits per heavy atom. The van der Waals surface area contributed by atoms with Crippen LogP contribution in [-0.4, -0.2) is 24.0 Å². The summed E-state index contributed by atoms with van der Waals surface area (Å²) in [4.78, 5) is 16.2. The molecule has 1 saturated heterocycles. The molecule has 1 aliphatic rings. The second kappa shape index (κ2) is 6.71. The number of rotatable bonds is 5. The Labute approximate surface area is 131 Å². The molecule has 1 aliphatic heterocycles. The molecule has 3 rings (SSSR count). The molecule has 1 fully saturated rings. The quantitative estimate of drug-likeness (QED) is 0.889. The van der Waals surface area contributed by atoms with Crippen molar-refractivity contribution in [3.05, 3.63) is 54.4 Å². The molecule has 2 heterocycles. The summed E-state index contributed by atoms with van der Waals surface area (Å²) in [6, 6.07) is 12.2. The second-order valence-corrected chi connectivity index (χ2v) is 5.86. The third kappa shape index (κ3) is 3.34. The standard InChI is InChI=1S/C18H21N3O/c1-13(17-11-20-12-17)18(22)21-9-14-4-6-15(7-5-14)16-3-2-8-19-10-16/h2-8,10,13,17,20H,9,11-12H2,1H3,(H,21,22). The van der Waals surface area contributed by atoms with Gasteiger partial charge < -0.3 is 10.6 Å². The van der Waals surface area contributed by atoms with Crippen molar-refractivity contribution >= 4 is 5.91 Å². The van der Waals surface area contributed by atoms with E-state index in [2.05, 4.69) is 39.9 Å². The summed E-state index contributed by atoms with van der Waals surface area (Å²) >= 11 is 0. The van der Waals surface area contributed by atoms with E-state index in [1.54, 1.807) is 6.20 Å². The smallest absolute Gasteiger partial charge is 0.223 e. The van der Waals surface area contributed by atoms with Gasteiger partial charge >= 0.3 is 0 Å². The van der Waals surface area contributed by atoms with Gasteiger partial charge in [0, 0.05) is 24.9 Å². The van der Waals surface area contributed by atoms with Crippen LogP contribution in [0, 0.1) is 11.8 Å². The van der Waals surface area contributed by atoms with Crippen molar-refractivity contribution in [1.29, 1.82) is 0 Å². The SMILES string of the molecule is CC(C(=O)NCc1ccc(-c2cccnc2)cc1)C1CNC1. The molecular weight excluding hydrogens is 274 g/mol. The Morgan fingerprint density at radius 1 is 1.27 bits per heavy atom. The topological polar surface area (TPSA) is 54.0 Å². The first-order valence-electron chi connectivity index (χ1n) is 7.72. The summed E-state index contributed by atoms with van der Waals surface area (Å²) in [5, 5.41) is 6.24. The molecule has 0 bridgehead atoms. The molecule has 1 aromatic heterocycles. The fourth-order valence-corrected chi connectivity index (χ4v) is 2.58. The third-order valence-electron chi connectivity index (χ3n) is 4.35. The van der Waals surface area contributed by atoms with Gasteiger partial charge in [0.15, 0.2) is 0 Å². The van der Waals surface area contributed by atoms with Crippen molar-refractivity contribution in [2.24, 2.45) is 11.8 Å². The minimum atomic E-state index is 0.0796. The van der Waals surface area contributed by atoms with Gasteiger partial charge in [-0.25, -0.2) is 0 Å². The first kappa shape index (κ1) is 14.7. The van der Waals surface area contributed by atoms with Gasteiger partial charge in [-0.3, -0.25) is 9.78 Å². The molecule has 114 valence electrons. The van der Waals surface area contributed by atoms with E-state index >= 15 is 0 Å². The van der Waals surface area contributed by atoms with Gasteiger partial charge in [-0.15, -0.1) is 0 Å². The highest BCUT2D eigenvalue weighted by Crippen LogP contribution is 2.19. The number of nitrogens with zero attached hydrogens (tertiary/aromatic N) is 1. The highest BCUT2D eigenvalue weighted by molar-refractivity contribution is 5.78. The lowest BCUT2D eigenvalue weighted by Gasteiger charge is -2.31. The molecule has 4 nitrogen and oxygen atoms in total. The largest absolute Gasteiger partial charge is 0.352 e. The number of aromatic nitrogens is 1. The number of amides is 1. The van der Waals surface area contributed by atoms with Crippen LogP contribution in [0.2, 0.25) is 0 Å². The maximum absolute atomic E-state index is 12.1. The zero-order valence-electron chi connectivity index (χ0n) is 12.8. The molecule has 0 radical (unpaired) electrons. The lowest BCUT2D eigenvalue weighted by atomic mass is 9.88. The van der Waals surface area contributed by atoms with Crippen LogP contribution in [0.4, 0.5) is 0 Å². The number of hydrogen-bond donors (Lipinski definition) is 2. The van der Waals surface area contributed by atoms with E-state index in [9.17, 15) is 4.79 Å². The Kier molecular flexibility index (Phi) is 4.49. The van der Waals surface area contributed by atoms with Gasteiger partial charge in [0.05, 0.1) is 0 Å². The summed E-state index contributed by atoms with van der Waals surface area (Å²) in [6.07, 6.45) is 3.62. The summed E-state index contributed by atoms with van der Waals surface area (Å²) in [5.74, 6) is 0.701. The molecule has 0 saturated carbocycles. The summed E-state index contributed by atoms with van der Waals surface area (Å²) < 4.78 is 0. The van der Waals surface area contributed by atoms with E-state index in [1.165, 1.54) is 0 Å². The first-order valence-corrected chi connectivity index (χ1v) is 7.72. The highest BCUT2D eigenvalue weighted by Gasteiger charge is 2.28. The van der Waals surface area contributed by atoms with E-state index in [4.69, 9.17) is 0 Å². The zero-order chi connectivity index (χ0) is 15.4. The van der Waals surface area contributed by atoms with Crippen molar-refractivity contribution in [2.75, 3.05) is 13.1 Å². The zero-order valence-corrected chi connectivity index (χ0v) is 12.8. The summed E-state index contributed by atoms with van der Waals surface area (Å²) in [5.41, 5.74) is 3.35. The third-order valence-corrected chi connectivity index (χ3v) is 4.35.